The molecule has 1 saturated heterocycles. The van der Waals surface area contributed by atoms with Crippen LogP contribution in [0, 0.1) is 6.92 Å². The maximum atomic E-state index is 12.5. The second-order valence-corrected chi connectivity index (χ2v) is 9.26. The van der Waals surface area contributed by atoms with Gasteiger partial charge in [-0.1, -0.05) is 36.4 Å². The molecular formula is C20H23N5O2S. The SMILES string of the molecule is Cc1ccc(-c2ccc(C3CCNCC3)cc2)c(-c2nnn[nH]2)c1S(C)(=O)=O. The molecule has 0 spiro atoms. The number of nitrogens with zero attached hydrogens (tertiary/aromatic N) is 3. The number of H-pyrrole nitrogens is 1. The number of sulfone groups is 1. The lowest BCUT2D eigenvalue weighted by molar-refractivity contribution is 0.460. The number of nitrogens with one attached hydrogen (secondary N) is 2. The van der Waals surface area contributed by atoms with E-state index in [2.05, 4.69) is 50.2 Å². The monoisotopic (exact) mass is 397 g/mol. The summed E-state index contributed by atoms with van der Waals surface area (Å²) in [6.45, 7) is 3.88. The Labute approximate surface area is 164 Å². The summed E-state index contributed by atoms with van der Waals surface area (Å²) in [6, 6.07) is 12.2. The summed E-state index contributed by atoms with van der Waals surface area (Å²) >= 11 is 0. The third kappa shape index (κ3) is 3.57. The van der Waals surface area contributed by atoms with Crippen LogP contribution in [-0.2, 0) is 9.84 Å². The Kier molecular flexibility index (Phi) is 4.99. The van der Waals surface area contributed by atoms with E-state index in [1.165, 1.54) is 11.8 Å². The van der Waals surface area contributed by atoms with Gasteiger partial charge in [-0.25, -0.2) is 13.5 Å². The molecule has 4 rings (SSSR count). The zero-order valence-corrected chi connectivity index (χ0v) is 16.8. The highest BCUT2D eigenvalue weighted by Gasteiger charge is 2.24. The van der Waals surface area contributed by atoms with Gasteiger partial charge in [-0.3, -0.25) is 0 Å². The van der Waals surface area contributed by atoms with Crippen LogP contribution < -0.4 is 5.32 Å². The minimum Gasteiger partial charge on any atom is -0.317 e. The van der Waals surface area contributed by atoms with E-state index in [1.54, 1.807) is 6.92 Å². The minimum absolute atomic E-state index is 0.256. The van der Waals surface area contributed by atoms with E-state index in [9.17, 15) is 8.42 Å². The molecule has 8 heteroatoms. The molecule has 28 heavy (non-hydrogen) atoms. The van der Waals surface area contributed by atoms with Gasteiger partial charge in [0.25, 0.3) is 0 Å². The molecular weight excluding hydrogens is 374 g/mol. The standard InChI is InChI=1S/C20H23N5O2S/c1-13-3-8-17(18(19(13)28(2,26)27)20-22-24-25-23-20)16-6-4-14(5-7-16)15-9-11-21-12-10-15/h3-8,15,21H,9-12H2,1-2H3,(H,22,23,24,25). The Balaban J connectivity index is 1.84. The van der Waals surface area contributed by atoms with Crippen molar-refractivity contribution in [3.05, 3.63) is 47.5 Å². The molecule has 0 aliphatic carbocycles. The number of aromatic amines is 1. The number of rotatable bonds is 4. The van der Waals surface area contributed by atoms with Crippen LogP contribution in [0.25, 0.3) is 22.5 Å². The van der Waals surface area contributed by atoms with Gasteiger partial charge in [-0.15, -0.1) is 5.10 Å². The third-order valence-electron chi connectivity index (χ3n) is 5.34. The maximum absolute atomic E-state index is 12.5. The number of piperidine rings is 1. The molecule has 0 radical (unpaired) electrons. The van der Waals surface area contributed by atoms with Crippen LogP contribution in [0.2, 0.25) is 0 Å². The van der Waals surface area contributed by atoms with E-state index in [-0.39, 0.29) is 4.90 Å². The smallest absolute Gasteiger partial charge is 0.181 e. The average Bonchev–Trinajstić information content (AvgIpc) is 3.22. The van der Waals surface area contributed by atoms with E-state index in [1.807, 2.05) is 12.1 Å². The van der Waals surface area contributed by atoms with Gasteiger partial charge in [0.15, 0.2) is 15.7 Å². The van der Waals surface area contributed by atoms with E-state index < -0.39 is 9.84 Å². The van der Waals surface area contributed by atoms with Gasteiger partial charge in [-0.2, -0.15) is 0 Å². The summed E-state index contributed by atoms with van der Waals surface area (Å²) in [5, 5.41) is 17.4. The first-order chi connectivity index (χ1) is 13.4. The highest BCUT2D eigenvalue weighted by molar-refractivity contribution is 7.91. The molecule has 0 atom stereocenters. The van der Waals surface area contributed by atoms with Gasteiger partial charge >= 0.3 is 0 Å². The summed E-state index contributed by atoms with van der Waals surface area (Å²) in [6.07, 6.45) is 3.49. The fourth-order valence-electron chi connectivity index (χ4n) is 4.00. The van der Waals surface area contributed by atoms with Crippen LogP contribution in [0.5, 0.6) is 0 Å². The van der Waals surface area contributed by atoms with E-state index in [0.717, 1.165) is 37.1 Å². The van der Waals surface area contributed by atoms with Crippen LogP contribution in [-0.4, -0.2) is 48.4 Å². The molecule has 2 heterocycles. The number of hydrogen-bond acceptors (Lipinski definition) is 6. The molecule has 3 aromatic rings. The second kappa shape index (κ2) is 7.44. The summed E-state index contributed by atoms with van der Waals surface area (Å²) in [4.78, 5) is 0.256. The van der Waals surface area contributed by atoms with E-state index in [0.29, 0.717) is 22.9 Å². The highest BCUT2D eigenvalue weighted by Crippen LogP contribution is 2.38. The van der Waals surface area contributed by atoms with Crippen molar-refractivity contribution in [2.45, 2.75) is 30.6 Å². The molecule has 7 nitrogen and oxygen atoms in total. The molecule has 0 unspecified atom stereocenters. The highest BCUT2D eigenvalue weighted by atomic mass is 32.2. The Morgan fingerprint density at radius 2 is 1.75 bits per heavy atom. The molecule has 2 N–H and O–H groups in total. The zero-order valence-electron chi connectivity index (χ0n) is 15.9. The Bertz CT molecular complexity index is 1070. The Hall–Kier alpha value is -2.58. The van der Waals surface area contributed by atoms with Crippen molar-refractivity contribution in [2.24, 2.45) is 0 Å². The lowest BCUT2D eigenvalue weighted by atomic mass is 9.88. The zero-order chi connectivity index (χ0) is 19.7. The second-order valence-electron chi connectivity index (χ2n) is 7.30. The maximum Gasteiger partial charge on any atom is 0.181 e. The molecule has 0 amide bonds. The number of benzene rings is 2. The van der Waals surface area contributed by atoms with Gasteiger partial charge in [0.05, 0.1) is 4.90 Å². The lowest BCUT2D eigenvalue weighted by Crippen LogP contribution is -2.26. The van der Waals surface area contributed by atoms with Gasteiger partial charge in [-0.05, 0) is 71.5 Å². The quantitative estimate of drug-likeness (QED) is 0.702. The molecule has 0 bridgehead atoms. The first kappa shape index (κ1) is 18.8. The first-order valence-electron chi connectivity index (χ1n) is 9.34. The molecule has 2 aromatic carbocycles. The average molecular weight is 398 g/mol. The van der Waals surface area contributed by atoms with Gasteiger partial charge in [0.1, 0.15) is 0 Å². The van der Waals surface area contributed by atoms with Crippen LogP contribution in [0.1, 0.15) is 29.9 Å². The van der Waals surface area contributed by atoms with Gasteiger partial charge < -0.3 is 5.32 Å². The van der Waals surface area contributed by atoms with E-state index >= 15 is 0 Å². The summed E-state index contributed by atoms with van der Waals surface area (Å²) in [5.41, 5.74) is 4.24. The summed E-state index contributed by atoms with van der Waals surface area (Å²) < 4.78 is 25.1. The molecule has 0 saturated carbocycles. The number of aryl methyl sites for hydroxylation is 1. The normalized spacial score (nSPS) is 15.6. The summed E-state index contributed by atoms with van der Waals surface area (Å²) in [5.74, 6) is 0.916. The van der Waals surface area contributed by atoms with Crippen molar-refractivity contribution in [1.29, 1.82) is 0 Å². The first-order valence-corrected chi connectivity index (χ1v) is 11.2. The Morgan fingerprint density at radius 1 is 1.04 bits per heavy atom. The van der Waals surface area contributed by atoms with Crippen molar-refractivity contribution in [1.82, 2.24) is 25.9 Å². The predicted molar refractivity (Wildman–Crippen MR) is 108 cm³/mol. The van der Waals surface area contributed by atoms with Crippen molar-refractivity contribution >= 4 is 9.84 Å². The minimum atomic E-state index is -3.47. The van der Waals surface area contributed by atoms with Crippen LogP contribution in [0.4, 0.5) is 0 Å². The van der Waals surface area contributed by atoms with Gasteiger partial charge in [0.2, 0.25) is 0 Å². The van der Waals surface area contributed by atoms with Crippen molar-refractivity contribution in [3.63, 3.8) is 0 Å². The van der Waals surface area contributed by atoms with Crippen molar-refractivity contribution < 1.29 is 8.42 Å². The number of tetrazole rings is 1. The number of aromatic nitrogens is 4. The van der Waals surface area contributed by atoms with E-state index in [4.69, 9.17) is 0 Å². The molecule has 1 fully saturated rings. The molecule has 1 aliphatic rings. The van der Waals surface area contributed by atoms with Crippen molar-refractivity contribution in [3.8, 4) is 22.5 Å². The molecule has 146 valence electrons. The lowest BCUT2D eigenvalue weighted by Gasteiger charge is -2.23. The molecule has 1 aromatic heterocycles. The number of hydrogen-bond donors (Lipinski definition) is 2. The van der Waals surface area contributed by atoms with Gasteiger partial charge in [0, 0.05) is 11.8 Å². The van der Waals surface area contributed by atoms with Crippen LogP contribution >= 0.6 is 0 Å². The van der Waals surface area contributed by atoms with Crippen LogP contribution in [0.15, 0.2) is 41.3 Å². The van der Waals surface area contributed by atoms with Crippen LogP contribution in [0.3, 0.4) is 0 Å². The fraction of sp³-hybridized carbons (Fsp3) is 0.350. The topological polar surface area (TPSA) is 101 Å². The Morgan fingerprint density at radius 3 is 2.36 bits per heavy atom. The fourth-order valence-corrected chi connectivity index (χ4v) is 5.23. The largest absolute Gasteiger partial charge is 0.317 e. The van der Waals surface area contributed by atoms with Crippen molar-refractivity contribution in [2.75, 3.05) is 19.3 Å². The molecule has 1 aliphatic heterocycles. The summed E-state index contributed by atoms with van der Waals surface area (Å²) in [7, 11) is -3.47. The predicted octanol–water partition coefficient (Wildman–Crippen LogP) is 2.71. The third-order valence-corrected chi connectivity index (χ3v) is 6.61.